The van der Waals surface area contributed by atoms with Gasteiger partial charge in [0.05, 0.1) is 0 Å². The molecule has 0 saturated carbocycles. The van der Waals surface area contributed by atoms with E-state index < -0.39 is 0 Å². The van der Waals surface area contributed by atoms with Crippen molar-refractivity contribution in [2.45, 2.75) is 26.3 Å². The molecular weight excluding hydrogens is 220 g/mol. The lowest BCUT2D eigenvalue weighted by Gasteiger charge is -2.07. The fourth-order valence-electron chi connectivity index (χ4n) is 1.19. The van der Waals surface area contributed by atoms with E-state index in [4.69, 9.17) is 0 Å². The van der Waals surface area contributed by atoms with Crippen molar-refractivity contribution in [3.8, 4) is 10.7 Å². The predicted octanol–water partition coefficient (Wildman–Crippen LogP) is 2.81. The summed E-state index contributed by atoms with van der Waals surface area (Å²) in [5.41, 5.74) is 0.872. The molecule has 2 aromatic heterocycles. The van der Waals surface area contributed by atoms with E-state index in [-0.39, 0.29) is 0 Å². The van der Waals surface area contributed by atoms with Gasteiger partial charge in [-0.2, -0.15) is 0 Å². The quantitative estimate of drug-likeness (QED) is 0.883. The molecule has 5 heteroatoms. The van der Waals surface area contributed by atoms with Crippen LogP contribution in [-0.2, 0) is 0 Å². The first-order chi connectivity index (χ1) is 7.79. The molecule has 0 aliphatic heterocycles. The molecule has 0 amide bonds. The first-order valence-electron chi connectivity index (χ1n) is 5.31. The van der Waals surface area contributed by atoms with Crippen LogP contribution in [0.3, 0.4) is 0 Å². The lowest BCUT2D eigenvalue weighted by molar-refractivity contribution is 0.760. The van der Waals surface area contributed by atoms with E-state index in [0.29, 0.717) is 6.04 Å². The second-order valence-electron chi connectivity index (χ2n) is 3.58. The molecule has 16 heavy (non-hydrogen) atoms. The second kappa shape index (κ2) is 5.03. The molecule has 0 radical (unpaired) electrons. The molecule has 2 rings (SSSR count). The molecular formula is C11H14N4S. The molecule has 1 atom stereocenters. The number of hydrogen-bond donors (Lipinski definition) is 1. The van der Waals surface area contributed by atoms with Crippen molar-refractivity contribution in [3.05, 3.63) is 24.4 Å². The number of nitrogens with one attached hydrogen (secondary N) is 1. The van der Waals surface area contributed by atoms with Gasteiger partial charge in [-0.15, -0.1) is 10.2 Å². The average molecular weight is 234 g/mol. The van der Waals surface area contributed by atoms with Crippen LogP contribution in [0.2, 0.25) is 0 Å². The van der Waals surface area contributed by atoms with E-state index in [1.165, 1.54) is 11.3 Å². The van der Waals surface area contributed by atoms with Crippen molar-refractivity contribution < 1.29 is 0 Å². The molecule has 0 aliphatic carbocycles. The minimum absolute atomic E-state index is 0.421. The normalized spacial score (nSPS) is 12.4. The van der Waals surface area contributed by atoms with Crippen LogP contribution < -0.4 is 5.32 Å². The largest absolute Gasteiger partial charge is 0.358 e. The van der Waals surface area contributed by atoms with Gasteiger partial charge in [0.1, 0.15) is 5.69 Å². The first-order valence-corrected chi connectivity index (χ1v) is 6.12. The number of rotatable bonds is 4. The van der Waals surface area contributed by atoms with E-state index in [2.05, 4.69) is 34.3 Å². The van der Waals surface area contributed by atoms with Gasteiger partial charge in [0.2, 0.25) is 5.13 Å². The molecule has 0 aliphatic rings. The highest BCUT2D eigenvalue weighted by atomic mass is 32.1. The summed E-state index contributed by atoms with van der Waals surface area (Å²) in [5.74, 6) is 0. The number of aromatic nitrogens is 3. The summed E-state index contributed by atoms with van der Waals surface area (Å²) >= 11 is 1.53. The SMILES string of the molecule is CCC(C)Nc1nnc(-c2ccccn2)s1. The van der Waals surface area contributed by atoms with Crippen LogP contribution in [0.25, 0.3) is 10.7 Å². The molecule has 0 saturated heterocycles. The average Bonchev–Trinajstić information content (AvgIpc) is 2.78. The van der Waals surface area contributed by atoms with Crippen LogP contribution in [0.1, 0.15) is 20.3 Å². The zero-order valence-corrected chi connectivity index (χ0v) is 10.2. The zero-order valence-electron chi connectivity index (χ0n) is 9.34. The van der Waals surface area contributed by atoms with Crippen LogP contribution in [-0.4, -0.2) is 21.2 Å². The molecule has 0 spiro atoms. The van der Waals surface area contributed by atoms with Crippen molar-refractivity contribution in [3.63, 3.8) is 0 Å². The lowest BCUT2D eigenvalue weighted by Crippen LogP contribution is -2.12. The van der Waals surface area contributed by atoms with Crippen molar-refractivity contribution in [1.82, 2.24) is 15.2 Å². The molecule has 1 unspecified atom stereocenters. The van der Waals surface area contributed by atoms with Gasteiger partial charge >= 0.3 is 0 Å². The van der Waals surface area contributed by atoms with Gasteiger partial charge in [-0.1, -0.05) is 24.3 Å². The van der Waals surface area contributed by atoms with Gasteiger partial charge < -0.3 is 5.32 Å². The van der Waals surface area contributed by atoms with Gasteiger partial charge in [-0.25, -0.2) is 0 Å². The van der Waals surface area contributed by atoms with Gasteiger partial charge in [-0.3, -0.25) is 4.98 Å². The highest BCUT2D eigenvalue weighted by molar-refractivity contribution is 7.18. The third kappa shape index (κ3) is 2.55. The smallest absolute Gasteiger partial charge is 0.206 e. The van der Waals surface area contributed by atoms with Crippen molar-refractivity contribution in [2.24, 2.45) is 0 Å². The summed E-state index contributed by atoms with van der Waals surface area (Å²) in [6, 6.07) is 6.20. The summed E-state index contributed by atoms with van der Waals surface area (Å²) < 4.78 is 0. The maximum atomic E-state index is 4.24. The number of anilines is 1. The minimum atomic E-state index is 0.421. The maximum absolute atomic E-state index is 4.24. The van der Waals surface area contributed by atoms with Gasteiger partial charge in [0.25, 0.3) is 0 Å². The molecule has 2 aromatic rings. The Bertz CT molecular complexity index is 440. The molecule has 0 bridgehead atoms. The number of nitrogens with zero attached hydrogens (tertiary/aromatic N) is 3. The van der Waals surface area contributed by atoms with Gasteiger partial charge in [0, 0.05) is 12.2 Å². The maximum Gasteiger partial charge on any atom is 0.206 e. The zero-order chi connectivity index (χ0) is 11.4. The Kier molecular flexibility index (Phi) is 3.46. The summed E-state index contributed by atoms with van der Waals surface area (Å²) in [6.45, 7) is 4.26. The van der Waals surface area contributed by atoms with E-state index in [9.17, 15) is 0 Å². The minimum Gasteiger partial charge on any atom is -0.358 e. The van der Waals surface area contributed by atoms with Crippen molar-refractivity contribution in [1.29, 1.82) is 0 Å². The van der Waals surface area contributed by atoms with E-state index in [0.717, 1.165) is 22.3 Å². The fourth-order valence-corrected chi connectivity index (χ4v) is 2.02. The van der Waals surface area contributed by atoms with Gasteiger partial charge in [-0.05, 0) is 25.5 Å². The predicted molar refractivity (Wildman–Crippen MR) is 66.5 cm³/mol. The first kappa shape index (κ1) is 11.0. The van der Waals surface area contributed by atoms with Crippen LogP contribution in [0.4, 0.5) is 5.13 Å². The van der Waals surface area contributed by atoms with Crippen LogP contribution in [0.5, 0.6) is 0 Å². The Hall–Kier alpha value is -1.49. The number of hydrogen-bond acceptors (Lipinski definition) is 5. The van der Waals surface area contributed by atoms with E-state index in [1.54, 1.807) is 6.20 Å². The summed E-state index contributed by atoms with van der Waals surface area (Å²) in [4.78, 5) is 4.24. The summed E-state index contributed by atoms with van der Waals surface area (Å²) in [5, 5.41) is 13.2. The van der Waals surface area contributed by atoms with Gasteiger partial charge in [0.15, 0.2) is 5.01 Å². The number of pyridine rings is 1. The topological polar surface area (TPSA) is 50.7 Å². The van der Waals surface area contributed by atoms with Crippen LogP contribution in [0.15, 0.2) is 24.4 Å². The third-order valence-corrected chi connectivity index (χ3v) is 3.17. The molecule has 1 N–H and O–H groups in total. The van der Waals surface area contributed by atoms with E-state index in [1.807, 2.05) is 18.2 Å². The van der Waals surface area contributed by atoms with Crippen LogP contribution >= 0.6 is 11.3 Å². The Balaban J connectivity index is 2.14. The Labute approximate surface area is 98.8 Å². The Morgan fingerprint density at radius 1 is 1.38 bits per heavy atom. The monoisotopic (exact) mass is 234 g/mol. The lowest BCUT2D eigenvalue weighted by atomic mass is 10.3. The van der Waals surface area contributed by atoms with Crippen molar-refractivity contribution in [2.75, 3.05) is 5.32 Å². The Morgan fingerprint density at radius 2 is 2.25 bits per heavy atom. The highest BCUT2D eigenvalue weighted by Gasteiger charge is 2.08. The Morgan fingerprint density at radius 3 is 2.94 bits per heavy atom. The molecule has 4 nitrogen and oxygen atoms in total. The summed E-state index contributed by atoms with van der Waals surface area (Å²) in [6.07, 6.45) is 2.83. The molecule has 2 heterocycles. The second-order valence-corrected chi connectivity index (χ2v) is 4.56. The van der Waals surface area contributed by atoms with Crippen LogP contribution in [0, 0.1) is 0 Å². The molecule has 84 valence electrons. The fraction of sp³-hybridized carbons (Fsp3) is 0.364. The third-order valence-electron chi connectivity index (χ3n) is 2.29. The summed E-state index contributed by atoms with van der Waals surface area (Å²) in [7, 11) is 0. The van der Waals surface area contributed by atoms with E-state index >= 15 is 0 Å². The molecule has 0 fully saturated rings. The van der Waals surface area contributed by atoms with Crippen molar-refractivity contribution >= 4 is 16.5 Å². The highest BCUT2D eigenvalue weighted by Crippen LogP contribution is 2.24. The molecule has 0 aromatic carbocycles. The standard InChI is InChI=1S/C11H14N4S/c1-3-8(2)13-11-15-14-10(16-11)9-6-4-5-7-12-9/h4-8H,3H2,1-2H3,(H,13,15).